The molecule has 3 N–H and O–H groups in total. The molecule has 1 aliphatic rings. The van der Waals surface area contributed by atoms with E-state index in [9.17, 15) is 9.59 Å². The highest BCUT2D eigenvalue weighted by molar-refractivity contribution is 6.06. The Morgan fingerprint density at radius 2 is 2.12 bits per heavy atom. The van der Waals surface area contributed by atoms with Crippen LogP contribution < -0.4 is 16.0 Å². The van der Waals surface area contributed by atoms with Gasteiger partial charge in [0.05, 0.1) is 0 Å². The SMILES string of the molecule is NCCCC(=O)Nc1ccc2c(c1)CCN2C(=O)c1ccccn1. The van der Waals surface area contributed by atoms with E-state index in [4.69, 9.17) is 5.73 Å². The molecule has 0 fully saturated rings. The number of carbonyl (C=O) groups is 2. The lowest BCUT2D eigenvalue weighted by atomic mass is 10.1. The Morgan fingerprint density at radius 3 is 2.88 bits per heavy atom. The second-order valence-corrected chi connectivity index (χ2v) is 5.71. The molecule has 1 aromatic carbocycles. The van der Waals surface area contributed by atoms with Crippen LogP contribution in [0.1, 0.15) is 28.9 Å². The first-order chi connectivity index (χ1) is 11.7. The number of rotatable bonds is 5. The van der Waals surface area contributed by atoms with Crippen LogP contribution in [0.5, 0.6) is 0 Å². The maximum Gasteiger partial charge on any atom is 0.276 e. The molecular weight excluding hydrogens is 304 g/mol. The summed E-state index contributed by atoms with van der Waals surface area (Å²) in [6, 6.07) is 10.9. The Bertz CT molecular complexity index is 746. The number of aromatic nitrogens is 1. The lowest BCUT2D eigenvalue weighted by Crippen LogP contribution is -2.29. The molecule has 6 nitrogen and oxygen atoms in total. The number of amides is 2. The molecule has 0 unspecified atom stereocenters. The number of benzene rings is 1. The van der Waals surface area contributed by atoms with Crippen LogP contribution in [0.2, 0.25) is 0 Å². The van der Waals surface area contributed by atoms with Gasteiger partial charge >= 0.3 is 0 Å². The normalized spacial score (nSPS) is 12.8. The number of hydrogen-bond donors (Lipinski definition) is 2. The molecule has 3 rings (SSSR count). The van der Waals surface area contributed by atoms with Crippen molar-refractivity contribution in [1.82, 2.24) is 4.98 Å². The number of carbonyl (C=O) groups excluding carboxylic acids is 2. The van der Waals surface area contributed by atoms with Gasteiger partial charge in [0, 0.05) is 30.5 Å². The summed E-state index contributed by atoms with van der Waals surface area (Å²) in [5.41, 5.74) is 8.53. The average molecular weight is 324 g/mol. The predicted molar refractivity (Wildman–Crippen MR) is 93.0 cm³/mol. The molecule has 0 radical (unpaired) electrons. The van der Waals surface area contributed by atoms with Crippen LogP contribution >= 0.6 is 0 Å². The van der Waals surface area contributed by atoms with Crippen molar-refractivity contribution in [3.63, 3.8) is 0 Å². The van der Waals surface area contributed by atoms with Crippen LogP contribution in [0, 0.1) is 0 Å². The Morgan fingerprint density at radius 1 is 1.25 bits per heavy atom. The van der Waals surface area contributed by atoms with Crippen LogP contribution in [0.4, 0.5) is 11.4 Å². The smallest absolute Gasteiger partial charge is 0.276 e. The van der Waals surface area contributed by atoms with E-state index in [1.807, 2.05) is 18.2 Å². The van der Waals surface area contributed by atoms with Crippen molar-refractivity contribution in [2.75, 3.05) is 23.3 Å². The van der Waals surface area contributed by atoms with E-state index in [0.29, 0.717) is 31.6 Å². The highest BCUT2D eigenvalue weighted by Gasteiger charge is 2.26. The van der Waals surface area contributed by atoms with E-state index < -0.39 is 0 Å². The monoisotopic (exact) mass is 324 g/mol. The topological polar surface area (TPSA) is 88.3 Å². The predicted octanol–water partition coefficient (Wildman–Crippen LogP) is 1.96. The van der Waals surface area contributed by atoms with E-state index in [2.05, 4.69) is 10.3 Å². The fourth-order valence-corrected chi connectivity index (χ4v) is 2.80. The Hall–Kier alpha value is -2.73. The number of pyridine rings is 1. The van der Waals surface area contributed by atoms with E-state index >= 15 is 0 Å². The first-order valence-electron chi connectivity index (χ1n) is 8.05. The molecule has 2 amide bonds. The van der Waals surface area contributed by atoms with Gasteiger partial charge in [-0.2, -0.15) is 0 Å². The summed E-state index contributed by atoms with van der Waals surface area (Å²) in [5.74, 6) is -0.145. The van der Waals surface area contributed by atoms with E-state index in [0.717, 1.165) is 23.4 Å². The van der Waals surface area contributed by atoms with E-state index in [1.165, 1.54) is 0 Å². The zero-order chi connectivity index (χ0) is 16.9. The highest BCUT2D eigenvalue weighted by atomic mass is 16.2. The van der Waals surface area contributed by atoms with Crippen molar-refractivity contribution < 1.29 is 9.59 Å². The van der Waals surface area contributed by atoms with Gasteiger partial charge in [0.1, 0.15) is 5.69 Å². The van der Waals surface area contributed by atoms with Crippen LogP contribution in [-0.2, 0) is 11.2 Å². The van der Waals surface area contributed by atoms with Gasteiger partial charge in [-0.1, -0.05) is 6.07 Å². The van der Waals surface area contributed by atoms with Gasteiger partial charge in [-0.3, -0.25) is 14.6 Å². The molecule has 1 aliphatic heterocycles. The summed E-state index contributed by atoms with van der Waals surface area (Å²) in [4.78, 5) is 30.2. The van der Waals surface area contributed by atoms with Crippen molar-refractivity contribution in [3.8, 4) is 0 Å². The summed E-state index contributed by atoms with van der Waals surface area (Å²) in [6.07, 6.45) is 3.46. The zero-order valence-electron chi connectivity index (χ0n) is 13.4. The summed E-state index contributed by atoms with van der Waals surface area (Å²) >= 11 is 0. The fraction of sp³-hybridized carbons (Fsp3) is 0.278. The quantitative estimate of drug-likeness (QED) is 0.880. The third-order valence-corrected chi connectivity index (χ3v) is 4.00. The van der Waals surface area contributed by atoms with Crippen molar-refractivity contribution in [2.24, 2.45) is 5.73 Å². The second kappa shape index (κ2) is 7.23. The summed E-state index contributed by atoms with van der Waals surface area (Å²) in [7, 11) is 0. The van der Waals surface area contributed by atoms with Crippen molar-refractivity contribution >= 4 is 23.2 Å². The first-order valence-corrected chi connectivity index (χ1v) is 8.05. The lowest BCUT2D eigenvalue weighted by Gasteiger charge is -2.17. The summed E-state index contributed by atoms with van der Waals surface area (Å²) < 4.78 is 0. The Labute approximate surface area is 140 Å². The molecule has 1 aromatic heterocycles. The molecule has 6 heteroatoms. The van der Waals surface area contributed by atoms with Gasteiger partial charge in [-0.15, -0.1) is 0 Å². The fourth-order valence-electron chi connectivity index (χ4n) is 2.80. The molecule has 0 atom stereocenters. The minimum atomic E-state index is -0.103. The summed E-state index contributed by atoms with van der Waals surface area (Å²) in [5, 5.41) is 2.87. The minimum absolute atomic E-state index is 0.0418. The Balaban J connectivity index is 1.74. The average Bonchev–Trinajstić information content (AvgIpc) is 3.03. The van der Waals surface area contributed by atoms with Crippen molar-refractivity contribution in [1.29, 1.82) is 0 Å². The Kier molecular flexibility index (Phi) is 4.86. The lowest BCUT2D eigenvalue weighted by molar-refractivity contribution is -0.116. The maximum absolute atomic E-state index is 12.6. The van der Waals surface area contributed by atoms with Gasteiger partial charge in [0.25, 0.3) is 5.91 Å². The number of nitrogens with two attached hydrogens (primary N) is 1. The summed E-state index contributed by atoms with van der Waals surface area (Å²) in [6.45, 7) is 1.12. The molecule has 2 aromatic rings. The third kappa shape index (κ3) is 3.44. The number of fused-ring (bicyclic) bond motifs is 1. The van der Waals surface area contributed by atoms with E-state index in [1.54, 1.807) is 29.3 Å². The molecule has 0 aliphatic carbocycles. The first kappa shape index (κ1) is 16.1. The van der Waals surface area contributed by atoms with Crippen LogP contribution in [0.3, 0.4) is 0 Å². The van der Waals surface area contributed by atoms with Gasteiger partial charge in [-0.25, -0.2) is 0 Å². The van der Waals surface area contributed by atoms with Crippen LogP contribution in [-0.4, -0.2) is 29.9 Å². The van der Waals surface area contributed by atoms with Crippen molar-refractivity contribution in [3.05, 3.63) is 53.9 Å². The van der Waals surface area contributed by atoms with Crippen LogP contribution in [0.15, 0.2) is 42.6 Å². The largest absolute Gasteiger partial charge is 0.330 e. The molecule has 0 saturated heterocycles. The molecule has 0 saturated carbocycles. The second-order valence-electron chi connectivity index (χ2n) is 5.71. The van der Waals surface area contributed by atoms with Gasteiger partial charge in [0.15, 0.2) is 0 Å². The van der Waals surface area contributed by atoms with E-state index in [-0.39, 0.29) is 11.8 Å². The van der Waals surface area contributed by atoms with Gasteiger partial charge < -0.3 is 16.0 Å². The molecule has 24 heavy (non-hydrogen) atoms. The van der Waals surface area contributed by atoms with Crippen molar-refractivity contribution in [2.45, 2.75) is 19.3 Å². The number of nitrogens with zero attached hydrogens (tertiary/aromatic N) is 2. The molecular formula is C18H20N4O2. The van der Waals surface area contributed by atoms with Gasteiger partial charge in [0.2, 0.25) is 5.91 Å². The maximum atomic E-state index is 12.6. The molecule has 2 heterocycles. The standard InChI is InChI=1S/C18H20N4O2/c19-9-3-5-17(23)21-14-6-7-16-13(12-14)8-11-22(16)18(24)15-4-1-2-10-20-15/h1-2,4,6-7,10,12H,3,5,8-9,11,19H2,(H,21,23). The minimum Gasteiger partial charge on any atom is -0.330 e. The van der Waals surface area contributed by atoms with Crippen LogP contribution in [0.25, 0.3) is 0 Å². The van der Waals surface area contributed by atoms with Gasteiger partial charge in [-0.05, 0) is 55.3 Å². The zero-order valence-corrected chi connectivity index (χ0v) is 13.4. The highest BCUT2D eigenvalue weighted by Crippen LogP contribution is 2.31. The third-order valence-electron chi connectivity index (χ3n) is 4.00. The number of hydrogen-bond acceptors (Lipinski definition) is 4. The molecule has 124 valence electrons. The number of anilines is 2. The molecule has 0 bridgehead atoms. The number of nitrogens with one attached hydrogen (secondary N) is 1. The molecule has 0 spiro atoms.